The molecule has 1 saturated heterocycles. The summed E-state index contributed by atoms with van der Waals surface area (Å²) in [6.07, 6.45) is -3.89. The Morgan fingerprint density at radius 2 is 1.48 bits per heavy atom. The SMILES string of the molecule is O=C(Cc1ccc(C(F)(F)F)cc1)N1CCCN(C(=O)c2ccccc2F)CC1. The number of rotatable bonds is 3. The minimum atomic E-state index is -4.42. The van der Waals surface area contributed by atoms with Crippen LogP contribution in [0.2, 0.25) is 0 Å². The zero-order valence-corrected chi connectivity index (χ0v) is 15.6. The molecule has 29 heavy (non-hydrogen) atoms. The van der Waals surface area contributed by atoms with E-state index in [2.05, 4.69) is 0 Å². The predicted molar refractivity (Wildman–Crippen MR) is 98.6 cm³/mol. The van der Waals surface area contributed by atoms with E-state index in [1.54, 1.807) is 11.0 Å². The minimum Gasteiger partial charge on any atom is -0.341 e. The summed E-state index contributed by atoms with van der Waals surface area (Å²) in [5.41, 5.74) is -0.269. The molecule has 1 aliphatic rings. The van der Waals surface area contributed by atoms with Gasteiger partial charge in [-0.25, -0.2) is 4.39 Å². The molecule has 2 amide bonds. The van der Waals surface area contributed by atoms with Crippen LogP contribution in [-0.4, -0.2) is 47.8 Å². The first-order valence-electron chi connectivity index (χ1n) is 9.23. The summed E-state index contributed by atoms with van der Waals surface area (Å²) in [6, 6.07) is 10.3. The molecule has 0 aliphatic carbocycles. The van der Waals surface area contributed by atoms with Gasteiger partial charge in [-0.05, 0) is 36.2 Å². The average molecular weight is 408 g/mol. The van der Waals surface area contributed by atoms with Crippen molar-refractivity contribution in [1.29, 1.82) is 0 Å². The number of hydrogen-bond donors (Lipinski definition) is 0. The summed E-state index contributed by atoms with van der Waals surface area (Å²) in [7, 11) is 0. The molecule has 3 rings (SSSR count). The molecule has 1 aliphatic heterocycles. The second-order valence-corrected chi connectivity index (χ2v) is 6.88. The van der Waals surface area contributed by atoms with E-state index in [1.807, 2.05) is 0 Å². The van der Waals surface area contributed by atoms with Gasteiger partial charge >= 0.3 is 6.18 Å². The molecular weight excluding hydrogens is 388 g/mol. The molecule has 0 unspecified atom stereocenters. The van der Waals surface area contributed by atoms with Gasteiger partial charge < -0.3 is 9.80 Å². The van der Waals surface area contributed by atoms with Crippen molar-refractivity contribution in [3.63, 3.8) is 0 Å². The number of nitrogens with zero attached hydrogens (tertiary/aromatic N) is 2. The third-order valence-corrected chi connectivity index (χ3v) is 4.88. The molecule has 0 atom stereocenters. The fraction of sp³-hybridized carbons (Fsp3) is 0.333. The van der Waals surface area contributed by atoms with E-state index in [1.165, 1.54) is 35.2 Å². The van der Waals surface area contributed by atoms with E-state index in [0.717, 1.165) is 12.1 Å². The van der Waals surface area contributed by atoms with Crippen molar-refractivity contribution in [3.8, 4) is 0 Å². The number of hydrogen-bond acceptors (Lipinski definition) is 2. The third-order valence-electron chi connectivity index (χ3n) is 4.88. The highest BCUT2D eigenvalue weighted by Gasteiger charge is 2.30. The number of halogens is 4. The first-order valence-corrected chi connectivity index (χ1v) is 9.23. The Morgan fingerprint density at radius 1 is 0.862 bits per heavy atom. The summed E-state index contributed by atoms with van der Waals surface area (Å²) >= 11 is 0. The van der Waals surface area contributed by atoms with Gasteiger partial charge in [-0.1, -0.05) is 24.3 Å². The maximum atomic E-state index is 13.9. The van der Waals surface area contributed by atoms with Crippen molar-refractivity contribution in [2.24, 2.45) is 0 Å². The van der Waals surface area contributed by atoms with E-state index >= 15 is 0 Å². The van der Waals surface area contributed by atoms with Crippen LogP contribution in [0.3, 0.4) is 0 Å². The topological polar surface area (TPSA) is 40.6 Å². The van der Waals surface area contributed by atoms with Crippen LogP contribution in [0.5, 0.6) is 0 Å². The van der Waals surface area contributed by atoms with Crippen LogP contribution >= 0.6 is 0 Å². The fourth-order valence-corrected chi connectivity index (χ4v) is 3.27. The van der Waals surface area contributed by atoms with Gasteiger partial charge in [0, 0.05) is 26.2 Å². The maximum absolute atomic E-state index is 13.9. The molecule has 154 valence electrons. The minimum absolute atomic E-state index is 0.00275. The van der Waals surface area contributed by atoms with Crippen LogP contribution in [0.25, 0.3) is 0 Å². The van der Waals surface area contributed by atoms with Crippen LogP contribution < -0.4 is 0 Å². The quantitative estimate of drug-likeness (QED) is 0.726. The van der Waals surface area contributed by atoms with Gasteiger partial charge in [-0.2, -0.15) is 13.2 Å². The third kappa shape index (κ3) is 5.13. The van der Waals surface area contributed by atoms with Crippen LogP contribution in [-0.2, 0) is 17.4 Å². The molecule has 0 bridgehead atoms. The van der Waals surface area contributed by atoms with Crippen molar-refractivity contribution >= 4 is 11.8 Å². The summed E-state index contributed by atoms with van der Waals surface area (Å²) in [5, 5.41) is 0. The van der Waals surface area contributed by atoms with Crippen LogP contribution in [0, 0.1) is 5.82 Å². The Balaban J connectivity index is 1.59. The second kappa shape index (κ2) is 8.63. The highest BCUT2D eigenvalue weighted by atomic mass is 19.4. The van der Waals surface area contributed by atoms with E-state index < -0.39 is 23.5 Å². The maximum Gasteiger partial charge on any atom is 0.416 e. The van der Waals surface area contributed by atoms with E-state index in [-0.39, 0.29) is 24.4 Å². The number of alkyl halides is 3. The number of amides is 2. The monoisotopic (exact) mass is 408 g/mol. The van der Waals surface area contributed by atoms with Crippen molar-refractivity contribution < 1.29 is 27.2 Å². The largest absolute Gasteiger partial charge is 0.416 e. The Labute approximate surface area is 165 Å². The molecule has 0 aromatic heterocycles. The fourth-order valence-electron chi connectivity index (χ4n) is 3.27. The Hall–Kier alpha value is -2.90. The molecule has 0 N–H and O–H groups in total. The highest BCUT2D eigenvalue weighted by Crippen LogP contribution is 2.29. The number of carbonyl (C=O) groups excluding carboxylic acids is 2. The molecule has 4 nitrogen and oxygen atoms in total. The zero-order chi connectivity index (χ0) is 21.0. The van der Waals surface area contributed by atoms with Crippen LogP contribution in [0.4, 0.5) is 17.6 Å². The van der Waals surface area contributed by atoms with Crippen LogP contribution in [0.1, 0.15) is 27.9 Å². The Morgan fingerprint density at radius 3 is 2.14 bits per heavy atom. The number of benzene rings is 2. The highest BCUT2D eigenvalue weighted by molar-refractivity contribution is 5.94. The molecule has 2 aromatic carbocycles. The Kier molecular flexibility index (Phi) is 6.20. The lowest BCUT2D eigenvalue weighted by atomic mass is 10.1. The molecule has 0 saturated carbocycles. The molecule has 2 aromatic rings. The standard InChI is InChI=1S/C21H20F4N2O2/c22-18-5-2-1-4-17(18)20(29)27-11-3-10-26(12-13-27)19(28)14-15-6-8-16(9-7-15)21(23,24)25/h1-2,4-9H,3,10-14H2. The van der Waals surface area contributed by atoms with Gasteiger partial charge in [0.1, 0.15) is 5.82 Å². The van der Waals surface area contributed by atoms with Gasteiger partial charge in [0.15, 0.2) is 0 Å². The Bertz CT molecular complexity index is 881. The van der Waals surface area contributed by atoms with Crippen molar-refractivity contribution in [1.82, 2.24) is 9.80 Å². The van der Waals surface area contributed by atoms with Gasteiger partial charge in [-0.15, -0.1) is 0 Å². The summed E-state index contributed by atoms with van der Waals surface area (Å²) in [4.78, 5) is 28.2. The molecule has 8 heteroatoms. The summed E-state index contributed by atoms with van der Waals surface area (Å²) in [5.74, 6) is -1.22. The van der Waals surface area contributed by atoms with Crippen molar-refractivity contribution in [3.05, 3.63) is 71.0 Å². The molecule has 0 radical (unpaired) electrons. The molecule has 1 fully saturated rings. The van der Waals surface area contributed by atoms with Crippen molar-refractivity contribution in [2.75, 3.05) is 26.2 Å². The van der Waals surface area contributed by atoms with E-state index in [0.29, 0.717) is 31.6 Å². The van der Waals surface area contributed by atoms with Crippen LogP contribution in [0.15, 0.2) is 48.5 Å². The molecular formula is C21H20F4N2O2. The molecule has 1 heterocycles. The smallest absolute Gasteiger partial charge is 0.341 e. The first-order chi connectivity index (χ1) is 13.8. The lowest BCUT2D eigenvalue weighted by Gasteiger charge is -2.22. The van der Waals surface area contributed by atoms with Crippen molar-refractivity contribution in [2.45, 2.75) is 19.0 Å². The first kappa shape index (κ1) is 20.8. The van der Waals surface area contributed by atoms with Gasteiger partial charge in [0.2, 0.25) is 5.91 Å². The lowest BCUT2D eigenvalue weighted by Crippen LogP contribution is -2.38. The van der Waals surface area contributed by atoms with E-state index in [9.17, 15) is 27.2 Å². The average Bonchev–Trinajstić information content (AvgIpc) is 2.94. The lowest BCUT2D eigenvalue weighted by molar-refractivity contribution is -0.137. The second-order valence-electron chi connectivity index (χ2n) is 6.88. The molecule has 0 spiro atoms. The summed E-state index contributed by atoms with van der Waals surface area (Å²) < 4.78 is 51.8. The van der Waals surface area contributed by atoms with E-state index in [4.69, 9.17) is 0 Å². The van der Waals surface area contributed by atoms with Gasteiger partial charge in [0.05, 0.1) is 17.5 Å². The number of carbonyl (C=O) groups is 2. The predicted octanol–water partition coefficient (Wildman–Crippen LogP) is 3.76. The van der Waals surface area contributed by atoms with Gasteiger partial charge in [-0.3, -0.25) is 9.59 Å². The zero-order valence-electron chi connectivity index (χ0n) is 15.6. The summed E-state index contributed by atoms with van der Waals surface area (Å²) in [6.45, 7) is 1.39. The normalized spacial score (nSPS) is 15.2. The van der Waals surface area contributed by atoms with Gasteiger partial charge in [0.25, 0.3) is 5.91 Å².